The van der Waals surface area contributed by atoms with E-state index in [2.05, 4.69) is 17.1 Å². The summed E-state index contributed by atoms with van der Waals surface area (Å²) in [6, 6.07) is 14.7. The van der Waals surface area contributed by atoms with Gasteiger partial charge in [-0.3, -0.25) is 14.7 Å². The molecule has 2 aliphatic heterocycles. The lowest BCUT2D eigenvalue weighted by atomic mass is 9.98. The van der Waals surface area contributed by atoms with Gasteiger partial charge >= 0.3 is 0 Å². The summed E-state index contributed by atoms with van der Waals surface area (Å²) in [7, 11) is -3.84. The lowest BCUT2D eigenvalue weighted by molar-refractivity contribution is -0.131. The van der Waals surface area contributed by atoms with Gasteiger partial charge in [-0.15, -0.1) is 5.48 Å². The molecule has 38 heavy (non-hydrogen) atoms. The SMILES string of the molecule is CCCCC1=NC2(CCCC2)C(=O)N1Cc1ccc(-c2ccccc2S(=O)(=O)NC2NOC(C)=C2C)cc1. The number of hydrogen-bond donors (Lipinski definition) is 2. The van der Waals surface area contributed by atoms with Crippen molar-refractivity contribution >= 4 is 21.8 Å². The fourth-order valence-electron chi connectivity index (χ4n) is 5.46. The quantitative estimate of drug-likeness (QED) is 0.468. The lowest BCUT2D eigenvalue weighted by Gasteiger charge is -2.23. The van der Waals surface area contributed by atoms with Crippen LogP contribution in [0.15, 0.2) is 69.8 Å². The Morgan fingerprint density at radius 3 is 2.47 bits per heavy atom. The summed E-state index contributed by atoms with van der Waals surface area (Å²) in [5.41, 5.74) is 5.34. The molecule has 0 bridgehead atoms. The number of carbonyl (C=O) groups is 1. The Kier molecular flexibility index (Phi) is 7.44. The van der Waals surface area contributed by atoms with Gasteiger partial charge in [-0.25, -0.2) is 8.42 Å². The van der Waals surface area contributed by atoms with E-state index in [9.17, 15) is 13.2 Å². The van der Waals surface area contributed by atoms with E-state index in [1.54, 1.807) is 25.1 Å². The molecule has 0 aromatic heterocycles. The standard InChI is InChI=1S/C29H36N4O4S/c1-4-5-12-26-30-29(17-8-9-18-29)28(34)33(26)19-22-13-15-23(16-14-22)24-10-6-7-11-25(24)38(35,36)32-27-20(2)21(3)37-31-27/h6-7,10-11,13-16,27,31-32H,4-5,8-9,12,17-19H2,1-3H3. The number of aliphatic imine (C=N–C) groups is 1. The Morgan fingerprint density at radius 2 is 1.82 bits per heavy atom. The monoisotopic (exact) mass is 536 g/mol. The number of amides is 1. The van der Waals surface area contributed by atoms with Crippen LogP contribution in [0, 0.1) is 0 Å². The van der Waals surface area contributed by atoms with Crippen molar-refractivity contribution in [2.24, 2.45) is 4.99 Å². The van der Waals surface area contributed by atoms with Gasteiger partial charge in [-0.2, -0.15) is 4.72 Å². The second-order valence-corrected chi connectivity index (χ2v) is 12.2. The maximum atomic E-state index is 13.5. The minimum absolute atomic E-state index is 0.136. The molecule has 1 saturated carbocycles. The van der Waals surface area contributed by atoms with Gasteiger partial charge in [-0.1, -0.05) is 68.7 Å². The van der Waals surface area contributed by atoms with Gasteiger partial charge in [-0.05, 0) is 50.3 Å². The highest BCUT2D eigenvalue weighted by atomic mass is 32.2. The fraction of sp³-hybridized carbons (Fsp3) is 0.448. The second-order valence-electron chi connectivity index (χ2n) is 10.5. The van der Waals surface area contributed by atoms with Crippen molar-refractivity contribution in [2.45, 2.75) is 88.9 Å². The predicted octanol–water partition coefficient (Wildman–Crippen LogP) is 5.03. The van der Waals surface area contributed by atoms with E-state index in [0.717, 1.165) is 67.5 Å². The lowest BCUT2D eigenvalue weighted by Crippen LogP contribution is -2.42. The average molecular weight is 537 g/mol. The smallest absolute Gasteiger partial charge is 0.256 e. The Labute approximate surface area is 225 Å². The van der Waals surface area contributed by atoms with E-state index in [1.165, 1.54) is 0 Å². The van der Waals surface area contributed by atoms with Crippen LogP contribution in [0.25, 0.3) is 11.1 Å². The molecule has 1 amide bonds. The van der Waals surface area contributed by atoms with Gasteiger partial charge in [0.1, 0.15) is 23.3 Å². The number of rotatable bonds is 9. The number of carbonyl (C=O) groups excluding carboxylic acids is 1. The van der Waals surface area contributed by atoms with E-state index in [4.69, 9.17) is 9.83 Å². The highest BCUT2D eigenvalue weighted by Crippen LogP contribution is 2.40. The Balaban J connectivity index is 1.36. The zero-order valence-corrected chi connectivity index (χ0v) is 23.1. The molecule has 2 N–H and O–H groups in total. The number of amidine groups is 1. The van der Waals surface area contributed by atoms with Crippen LogP contribution in [0.1, 0.15) is 71.3 Å². The predicted molar refractivity (Wildman–Crippen MR) is 147 cm³/mol. The number of nitrogens with zero attached hydrogens (tertiary/aromatic N) is 2. The normalized spacial score (nSPS) is 20.9. The van der Waals surface area contributed by atoms with Crippen LogP contribution >= 0.6 is 0 Å². The molecule has 1 aliphatic carbocycles. The van der Waals surface area contributed by atoms with Crippen LogP contribution < -0.4 is 10.2 Å². The summed E-state index contributed by atoms with van der Waals surface area (Å²) in [4.78, 5) is 25.8. The molecule has 202 valence electrons. The van der Waals surface area contributed by atoms with Crippen LogP contribution in [0.3, 0.4) is 0 Å². The number of nitrogens with one attached hydrogen (secondary N) is 2. The van der Waals surface area contributed by atoms with E-state index < -0.39 is 21.7 Å². The third-order valence-electron chi connectivity index (χ3n) is 7.86. The molecular weight excluding hydrogens is 500 g/mol. The molecule has 2 heterocycles. The molecule has 1 unspecified atom stereocenters. The van der Waals surface area contributed by atoms with Crippen molar-refractivity contribution in [1.82, 2.24) is 15.1 Å². The number of hydroxylamine groups is 1. The van der Waals surface area contributed by atoms with Gasteiger partial charge in [0.25, 0.3) is 5.91 Å². The molecule has 9 heteroatoms. The van der Waals surface area contributed by atoms with Crippen molar-refractivity contribution < 1.29 is 18.0 Å². The average Bonchev–Trinajstić information content (AvgIpc) is 3.59. The van der Waals surface area contributed by atoms with Crippen LogP contribution in [0.4, 0.5) is 0 Å². The van der Waals surface area contributed by atoms with E-state index in [1.807, 2.05) is 42.2 Å². The Hall–Kier alpha value is -3.01. The van der Waals surface area contributed by atoms with Gasteiger partial charge in [0.05, 0.1) is 11.4 Å². The molecule has 1 atom stereocenters. The molecule has 8 nitrogen and oxygen atoms in total. The van der Waals surface area contributed by atoms with E-state index >= 15 is 0 Å². The zero-order valence-electron chi connectivity index (χ0n) is 22.3. The third kappa shape index (κ3) is 5.02. The second kappa shape index (κ2) is 10.6. The third-order valence-corrected chi connectivity index (χ3v) is 9.34. The first-order chi connectivity index (χ1) is 18.2. The van der Waals surface area contributed by atoms with Gasteiger partial charge in [0.2, 0.25) is 10.0 Å². The topological polar surface area (TPSA) is 100 Å². The van der Waals surface area contributed by atoms with Crippen LogP contribution in [0.2, 0.25) is 0 Å². The molecule has 5 rings (SSSR count). The number of unbranched alkanes of at least 4 members (excludes halogenated alkanes) is 1. The van der Waals surface area contributed by atoms with E-state index in [0.29, 0.717) is 17.9 Å². The molecule has 1 fully saturated rings. The molecule has 2 aromatic carbocycles. The molecule has 1 spiro atoms. The van der Waals surface area contributed by atoms with E-state index in [-0.39, 0.29) is 10.8 Å². The summed E-state index contributed by atoms with van der Waals surface area (Å²) in [6.07, 6.45) is 6.04. The molecule has 0 radical (unpaired) electrons. The van der Waals surface area contributed by atoms with Crippen LogP contribution in [-0.4, -0.2) is 36.8 Å². The van der Waals surface area contributed by atoms with Crippen molar-refractivity contribution in [2.75, 3.05) is 0 Å². The van der Waals surface area contributed by atoms with Gasteiger partial charge in [0, 0.05) is 17.6 Å². The first-order valence-corrected chi connectivity index (χ1v) is 14.9. The van der Waals surface area contributed by atoms with Crippen molar-refractivity contribution in [3.63, 3.8) is 0 Å². The fourth-order valence-corrected chi connectivity index (χ4v) is 6.86. The summed E-state index contributed by atoms with van der Waals surface area (Å²) >= 11 is 0. The maximum Gasteiger partial charge on any atom is 0.256 e. The van der Waals surface area contributed by atoms with Crippen LogP contribution in [0.5, 0.6) is 0 Å². The largest absolute Gasteiger partial charge is 0.412 e. The highest BCUT2D eigenvalue weighted by Gasteiger charge is 2.49. The zero-order chi connectivity index (χ0) is 26.9. The molecule has 2 aromatic rings. The number of sulfonamides is 1. The highest BCUT2D eigenvalue weighted by molar-refractivity contribution is 7.89. The molecular formula is C29H36N4O4S. The molecule has 0 saturated heterocycles. The Bertz CT molecular complexity index is 1380. The minimum atomic E-state index is -3.84. The number of benzene rings is 2. The summed E-state index contributed by atoms with van der Waals surface area (Å²) < 4.78 is 29.3. The Morgan fingerprint density at radius 1 is 1.11 bits per heavy atom. The first-order valence-electron chi connectivity index (χ1n) is 13.5. The number of allylic oxidation sites excluding steroid dienone is 1. The first kappa shape index (κ1) is 26.6. The van der Waals surface area contributed by atoms with Gasteiger partial charge < -0.3 is 4.84 Å². The van der Waals surface area contributed by atoms with Crippen molar-refractivity contribution in [3.05, 3.63) is 65.4 Å². The van der Waals surface area contributed by atoms with Gasteiger partial charge in [0.15, 0.2) is 0 Å². The van der Waals surface area contributed by atoms with Crippen molar-refractivity contribution in [3.8, 4) is 11.1 Å². The maximum absolute atomic E-state index is 13.5. The summed E-state index contributed by atoms with van der Waals surface area (Å²) in [5, 5.41) is 0. The summed E-state index contributed by atoms with van der Waals surface area (Å²) in [6.45, 7) is 6.23. The summed E-state index contributed by atoms with van der Waals surface area (Å²) in [5.74, 6) is 1.70. The van der Waals surface area contributed by atoms with Crippen molar-refractivity contribution in [1.29, 1.82) is 0 Å². The molecule has 3 aliphatic rings. The van der Waals surface area contributed by atoms with Crippen LogP contribution in [-0.2, 0) is 26.2 Å². The minimum Gasteiger partial charge on any atom is -0.412 e. The number of hydrogen-bond acceptors (Lipinski definition) is 6.